The van der Waals surface area contributed by atoms with Gasteiger partial charge in [0.1, 0.15) is 0 Å². The maximum Gasteiger partial charge on any atom is 0.417 e. The van der Waals surface area contributed by atoms with Gasteiger partial charge in [-0.3, -0.25) is 4.79 Å². The van der Waals surface area contributed by atoms with Gasteiger partial charge in [-0.25, -0.2) is 10.0 Å². The van der Waals surface area contributed by atoms with Gasteiger partial charge in [-0.15, -0.1) is 0 Å². The lowest BCUT2D eigenvalue weighted by molar-refractivity contribution is -0.137. The van der Waals surface area contributed by atoms with Gasteiger partial charge >= 0.3 is 6.18 Å². The quantitative estimate of drug-likeness (QED) is 0.691. The molecule has 0 bridgehead atoms. The molecule has 0 spiro atoms. The topological polar surface area (TPSA) is 57.1 Å². The summed E-state index contributed by atoms with van der Waals surface area (Å²) in [6, 6.07) is 11.0. The molecule has 29 heavy (non-hydrogen) atoms. The molecule has 1 N–H and O–H groups in total. The monoisotopic (exact) mass is 438 g/mol. The van der Waals surface area contributed by atoms with Crippen molar-refractivity contribution in [3.8, 4) is 0 Å². The first-order valence-corrected chi connectivity index (χ1v) is 9.98. The van der Waals surface area contributed by atoms with E-state index in [9.17, 15) is 18.0 Å². The Morgan fingerprint density at radius 2 is 2.07 bits per heavy atom. The Morgan fingerprint density at radius 3 is 2.86 bits per heavy atom. The molecule has 1 atom stereocenters. The Kier molecular flexibility index (Phi) is 5.26. The van der Waals surface area contributed by atoms with E-state index in [2.05, 4.69) is 15.4 Å². The van der Waals surface area contributed by atoms with Crippen LogP contribution in [-0.4, -0.2) is 28.1 Å². The minimum atomic E-state index is -4.60. The number of carbonyl (C=O) groups excluding carboxylic acids is 1. The number of fused-ring (bicyclic) bond motifs is 3. The van der Waals surface area contributed by atoms with E-state index in [1.165, 1.54) is 17.8 Å². The van der Waals surface area contributed by atoms with E-state index in [4.69, 9.17) is 11.6 Å². The predicted molar refractivity (Wildman–Crippen MR) is 109 cm³/mol. The summed E-state index contributed by atoms with van der Waals surface area (Å²) < 4.78 is 38.9. The highest BCUT2D eigenvalue weighted by molar-refractivity contribution is 8.14. The molecule has 5 nitrogen and oxygen atoms in total. The number of hydrazone groups is 1. The Morgan fingerprint density at radius 1 is 1.28 bits per heavy atom. The minimum Gasteiger partial charge on any atom is -0.325 e. The van der Waals surface area contributed by atoms with Crippen molar-refractivity contribution >= 4 is 52.0 Å². The van der Waals surface area contributed by atoms with Crippen molar-refractivity contribution in [1.29, 1.82) is 0 Å². The number of amidine groups is 1. The zero-order valence-corrected chi connectivity index (χ0v) is 16.4. The smallest absolute Gasteiger partial charge is 0.325 e. The summed E-state index contributed by atoms with van der Waals surface area (Å²) >= 11 is 6.78. The third-order valence-electron chi connectivity index (χ3n) is 4.43. The summed E-state index contributed by atoms with van der Waals surface area (Å²) in [7, 11) is 0. The molecule has 2 aromatic rings. The van der Waals surface area contributed by atoms with Crippen molar-refractivity contribution < 1.29 is 18.0 Å². The first kappa shape index (κ1) is 19.8. The Bertz CT molecular complexity index is 1020. The van der Waals surface area contributed by atoms with E-state index < -0.39 is 22.7 Å². The number of para-hydroxylation sites is 1. The zero-order valence-electron chi connectivity index (χ0n) is 14.8. The van der Waals surface area contributed by atoms with Gasteiger partial charge in [0.05, 0.1) is 28.1 Å². The highest BCUT2D eigenvalue weighted by Crippen LogP contribution is 2.41. The van der Waals surface area contributed by atoms with E-state index in [-0.39, 0.29) is 17.5 Å². The number of halogens is 4. The van der Waals surface area contributed by atoms with Crippen LogP contribution in [0.2, 0.25) is 5.02 Å². The van der Waals surface area contributed by atoms with Gasteiger partial charge in [-0.2, -0.15) is 18.3 Å². The average Bonchev–Trinajstić information content (AvgIpc) is 3.17. The first-order chi connectivity index (χ1) is 13.8. The third kappa shape index (κ3) is 4.11. The van der Waals surface area contributed by atoms with Gasteiger partial charge in [-0.05, 0) is 24.3 Å². The van der Waals surface area contributed by atoms with Gasteiger partial charge in [-0.1, -0.05) is 41.6 Å². The maximum atomic E-state index is 13.0. The highest BCUT2D eigenvalue weighted by Gasteiger charge is 2.34. The lowest BCUT2D eigenvalue weighted by Crippen LogP contribution is -2.29. The fourth-order valence-electron chi connectivity index (χ4n) is 3.13. The lowest BCUT2D eigenvalue weighted by atomic mass is 10.0. The molecule has 2 aromatic carbocycles. The zero-order chi connectivity index (χ0) is 20.6. The van der Waals surface area contributed by atoms with E-state index in [0.717, 1.165) is 29.8 Å². The fourth-order valence-corrected chi connectivity index (χ4v) is 4.15. The second-order valence-corrected chi connectivity index (χ2v) is 7.73. The van der Waals surface area contributed by atoms with Crippen LogP contribution in [0.4, 0.5) is 24.5 Å². The average molecular weight is 439 g/mol. The molecule has 1 amide bonds. The summed E-state index contributed by atoms with van der Waals surface area (Å²) in [6.45, 7) is 0. The second kappa shape index (κ2) is 7.72. The Balaban J connectivity index is 1.45. The number of rotatable bonds is 3. The van der Waals surface area contributed by atoms with Crippen molar-refractivity contribution in [1.82, 2.24) is 5.01 Å². The van der Waals surface area contributed by atoms with Crippen molar-refractivity contribution in [2.24, 2.45) is 10.1 Å². The van der Waals surface area contributed by atoms with Crippen LogP contribution < -0.4 is 5.32 Å². The van der Waals surface area contributed by atoms with E-state index in [1.807, 2.05) is 24.3 Å². The largest absolute Gasteiger partial charge is 0.417 e. The molecule has 0 saturated carbocycles. The van der Waals surface area contributed by atoms with Crippen LogP contribution in [0.15, 0.2) is 52.6 Å². The van der Waals surface area contributed by atoms with Gasteiger partial charge < -0.3 is 5.32 Å². The van der Waals surface area contributed by atoms with Gasteiger partial charge in [0, 0.05) is 23.9 Å². The molecule has 0 aliphatic carbocycles. The molecule has 2 heterocycles. The van der Waals surface area contributed by atoms with E-state index >= 15 is 0 Å². The van der Waals surface area contributed by atoms with Crippen LogP contribution >= 0.6 is 23.4 Å². The number of benzene rings is 2. The van der Waals surface area contributed by atoms with E-state index in [1.54, 1.807) is 11.2 Å². The van der Waals surface area contributed by atoms with Gasteiger partial charge in [0.2, 0.25) is 5.91 Å². The molecule has 1 unspecified atom stereocenters. The van der Waals surface area contributed by atoms with Crippen LogP contribution in [0.1, 0.15) is 23.6 Å². The number of hydrogen-bond donors (Lipinski definition) is 1. The Labute approximate surface area is 173 Å². The summed E-state index contributed by atoms with van der Waals surface area (Å²) in [5.74, 6) is -0.476. The molecule has 150 valence electrons. The van der Waals surface area contributed by atoms with E-state index in [0.29, 0.717) is 5.17 Å². The normalized spacial score (nSPS) is 17.6. The molecule has 0 aromatic heterocycles. The van der Waals surface area contributed by atoms with Crippen LogP contribution in [-0.2, 0) is 11.0 Å². The summed E-state index contributed by atoms with van der Waals surface area (Å²) in [5.41, 5.74) is 0.932. The molecule has 2 aliphatic heterocycles. The SMILES string of the molecule is O=C(CSC1=Nc2ccccc2C2CC=NN12)Nc1ccc(Cl)c(C(F)(F)F)c1. The van der Waals surface area contributed by atoms with Crippen molar-refractivity contribution in [2.75, 3.05) is 11.1 Å². The number of aliphatic imine (C=N–C) groups is 1. The second-order valence-electron chi connectivity index (χ2n) is 6.38. The molecule has 10 heteroatoms. The summed E-state index contributed by atoms with van der Waals surface area (Å²) in [4.78, 5) is 16.9. The van der Waals surface area contributed by atoms with Crippen molar-refractivity contribution in [2.45, 2.75) is 18.6 Å². The number of alkyl halides is 3. The molecule has 2 aliphatic rings. The summed E-state index contributed by atoms with van der Waals surface area (Å²) in [6.07, 6.45) is -2.05. The molecule has 0 fully saturated rings. The standard InChI is InChI=1S/C19H14ClF3N4OS/c20-14-6-5-11(9-13(14)19(21,22)23)25-17(28)10-29-18-26-15-4-2-1-3-12(15)16-7-8-24-27(16)18/h1-6,8-9,16H,7,10H2,(H,25,28). The summed E-state index contributed by atoms with van der Waals surface area (Å²) in [5, 5.41) is 8.73. The molecular weight excluding hydrogens is 425 g/mol. The number of anilines is 1. The highest BCUT2D eigenvalue weighted by atomic mass is 35.5. The van der Waals surface area contributed by atoms with Gasteiger partial charge in [0.15, 0.2) is 5.17 Å². The van der Waals surface area contributed by atoms with Crippen molar-refractivity contribution in [3.05, 3.63) is 58.6 Å². The number of nitrogens with zero attached hydrogens (tertiary/aromatic N) is 3. The maximum absolute atomic E-state index is 13.0. The van der Waals surface area contributed by atoms with Crippen LogP contribution in [0.25, 0.3) is 0 Å². The fraction of sp³-hybridized carbons (Fsp3) is 0.211. The molecular formula is C19H14ClF3N4OS. The number of thioether (sulfide) groups is 1. The lowest BCUT2D eigenvalue weighted by Gasteiger charge is -2.29. The predicted octanol–water partition coefficient (Wildman–Crippen LogP) is 5.46. The van der Waals surface area contributed by atoms with Gasteiger partial charge in [0.25, 0.3) is 0 Å². The third-order valence-corrected chi connectivity index (χ3v) is 5.70. The number of hydrogen-bond acceptors (Lipinski definition) is 5. The number of carbonyl (C=O) groups is 1. The van der Waals surface area contributed by atoms with Crippen LogP contribution in [0.3, 0.4) is 0 Å². The Hall–Kier alpha value is -2.52. The van der Waals surface area contributed by atoms with Crippen LogP contribution in [0.5, 0.6) is 0 Å². The molecule has 0 radical (unpaired) electrons. The van der Waals surface area contributed by atoms with Crippen molar-refractivity contribution in [3.63, 3.8) is 0 Å². The molecule has 0 saturated heterocycles. The van der Waals surface area contributed by atoms with Crippen LogP contribution in [0, 0.1) is 0 Å². The minimum absolute atomic E-state index is 0.0241. The molecule has 4 rings (SSSR count). The first-order valence-electron chi connectivity index (χ1n) is 8.61. The number of nitrogens with one attached hydrogen (secondary N) is 1. The number of amides is 1.